The Morgan fingerprint density at radius 2 is 1.81 bits per heavy atom. The minimum absolute atomic E-state index is 0.820. The van der Waals surface area contributed by atoms with Crippen LogP contribution in [0.5, 0.6) is 0 Å². The zero-order valence-electron chi connectivity index (χ0n) is 15.3. The highest BCUT2D eigenvalue weighted by atomic mass is 15.3. The van der Waals surface area contributed by atoms with Crippen molar-refractivity contribution in [2.45, 2.75) is 25.8 Å². The van der Waals surface area contributed by atoms with E-state index in [1.165, 1.54) is 23.1 Å². The summed E-state index contributed by atoms with van der Waals surface area (Å²) in [6.07, 6.45) is 4.91. The maximum atomic E-state index is 4.65. The minimum Gasteiger partial charge on any atom is -0.353 e. The van der Waals surface area contributed by atoms with Gasteiger partial charge in [0.1, 0.15) is 12.2 Å². The molecule has 0 radical (unpaired) electrons. The molecular formula is C20H23N7. The fourth-order valence-corrected chi connectivity index (χ4v) is 4.08. The standard InChI is InChI=1S/C20H23N7/c1-2-7-17-15(4-1)5-3-6-16-12-19(24-25-20(16)17)27-10-8-26(9-11-27)13-18-21-14-22-23-18/h1-2,4,7,12,14H,3,5-6,8-11,13H2,(H,21,22,23). The lowest BCUT2D eigenvalue weighted by molar-refractivity contribution is 0.243. The SMILES string of the molecule is c1ccc2c(c1)CCCc1cc(N3CCN(Cc4ncn[nH]4)CC3)nnc1-2. The van der Waals surface area contributed by atoms with E-state index in [2.05, 4.69) is 65.5 Å². The van der Waals surface area contributed by atoms with Crippen molar-refractivity contribution in [1.29, 1.82) is 0 Å². The molecule has 0 unspecified atom stereocenters. The van der Waals surface area contributed by atoms with Crippen molar-refractivity contribution < 1.29 is 0 Å². The number of anilines is 1. The normalized spacial score (nSPS) is 17.3. The monoisotopic (exact) mass is 361 g/mol. The van der Waals surface area contributed by atoms with Crippen molar-refractivity contribution in [2.75, 3.05) is 31.1 Å². The molecule has 1 N–H and O–H groups in total. The summed E-state index contributed by atoms with van der Waals surface area (Å²) in [4.78, 5) is 8.96. The third-order valence-corrected chi connectivity index (χ3v) is 5.56. The first-order valence-electron chi connectivity index (χ1n) is 9.63. The number of nitrogens with zero attached hydrogens (tertiary/aromatic N) is 6. The molecule has 1 aromatic carbocycles. The van der Waals surface area contributed by atoms with E-state index in [-0.39, 0.29) is 0 Å². The van der Waals surface area contributed by atoms with Crippen LogP contribution in [0.3, 0.4) is 0 Å². The molecule has 3 aromatic rings. The Kier molecular flexibility index (Phi) is 4.29. The molecule has 0 atom stereocenters. The van der Waals surface area contributed by atoms with Gasteiger partial charge in [0.05, 0.1) is 12.2 Å². The second kappa shape index (κ2) is 7.08. The number of H-pyrrole nitrogens is 1. The van der Waals surface area contributed by atoms with E-state index in [4.69, 9.17) is 0 Å². The molecule has 0 bridgehead atoms. The van der Waals surface area contributed by atoms with Crippen LogP contribution in [0.1, 0.15) is 23.4 Å². The van der Waals surface area contributed by atoms with Gasteiger partial charge in [-0.25, -0.2) is 4.98 Å². The highest BCUT2D eigenvalue weighted by molar-refractivity contribution is 5.68. The van der Waals surface area contributed by atoms with Crippen LogP contribution in [0.15, 0.2) is 36.7 Å². The van der Waals surface area contributed by atoms with Crippen molar-refractivity contribution >= 4 is 5.82 Å². The highest BCUT2D eigenvalue weighted by Gasteiger charge is 2.22. The molecule has 0 amide bonds. The molecule has 2 aliphatic rings. The van der Waals surface area contributed by atoms with Gasteiger partial charge in [-0.15, -0.1) is 10.2 Å². The summed E-state index contributed by atoms with van der Waals surface area (Å²) >= 11 is 0. The van der Waals surface area contributed by atoms with Crippen LogP contribution < -0.4 is 4.90 Å². The van der Waals surface area contributed by atoms with Gasteiger partial charge >= 0.3 is 0 Å². The van der Waals surface area contributed by atoms with E-state index in [1.807, 2.05) is 0 Å². The van der Waals surface area contributed by atoms with Gasteiger partial charge in [0.25, 0.3) is 0 Å². The fraction of sp³-hybridized carbons (Fsp3) is 0.400. The predicted molar refractivity (Wildman–Crippen MR) is 103 cm³/mol. The molecule has 7 heteroatoms. The van der Waals surface area contributed by atoms with E-state index < -0.39 is 0 Å². The van der Waals surface area contributed by atoms with Crippen molar-refractivity contribution in [2.24, 2.45) is 0 Å². The van der Waals surface area contributed by atoms with Gasteiger partial charge in [0, 0.05) is 31.7 Å². The Bertz CT molecular complexity index is 914. The van der Waals surface area contributed by atoms with Gasteiger partial charge in [-0.1, -0.05) is 24.3 Å². The van der Waals surface area contributed by atoms with Crippen molar-refractivity contribution in [3.63, 3.8) is 0 Å². The van der Waals surface area contributed by atoms with E-state index in [0.29, 0.717) is 0 Å². The van der Waals surface area contributed by atoms with Crippen LogP contribution in [0.25, 0.3) is 11.3 Å². The number of hydrogen-bond acceptors (Lipinski definition) is 6. The Balaban J connectivity index is 1.32. The first kappa shape index (κ1) is 16.4. The van der Waals surface area contributed by atoms with Gasteiger partial charge in [-0.3, -0.25) is 10.00 Å². The second-order valence-electron chi connectivity index (χ2n) is 7.28. The van der Waals surface area contributed by atoms with Crippen LogP contribution in [0.4, 0.5) is 5.82 Å². The van der Waals surface area contributed by atoms with E-state index >= 15 is 0 Å². The Hall–Kier alpha value is -2.80. The molecule has 2 aromatic heterocycles. The van der Waals surface area contributed by atoms with Crippen LogP contribution >= 0.6 is 0 Å². The van der Waals surface area contributed by atoms with Crippen LogP contribution in [-0.2, 0) is 19.4 Å². The van der Waals surface area contributed by atoms with Gasteiger partial charge in [-0.05, 0) is 36.5 Å². The zero-order chi connectivity index (χ0) is 18.1. The molecule has 5 rings (SSSR count). The summed E-state index contributed by atoms with van der Waals surface area (Å²) in [5.74, 6) is 1.93. The molecule has 1 fully saturated rings. The maximum absolute atomic E-state index is 4.65. The molecule has 0 saturated carbocycles. The van der Waals surface area contributed by atoms with Crippen molar-refractivity contribution in [3.05, 3.63) is 53.6 Å². The van der Waals surface area contributed by atoms with Crippen LogP contribution in [0.2, 0.25) is 0 Å². The number of hydrogen-bond donors (Lipinski definition) is 1. The first-order valence-corrected chi connectivity index (χ1v) is 9.63. The number of aromatic amines is 1. The van der Waals surface area contributed by atoms with Crippen molar-refractivity contribution in [1.82, 2.24) is 30.3 Å². The number of benzene rings is 1. The lowest BCUT2D eigenvalue weighted by atomic mass is 10.0. The molecule has 1 saturated heterocycles. The quantitative estimate of drug-likeness (QED) is 0.770. The largest absolute Gasteiger partial charge is 0.353 e. The summed E-state index contributed by atoms with van der Waals surface area (Å²) < 4.78 is 0. The lowest BCUT2D eigenvalue weighted by Gasteiger charge is -2.34. The van der Waals surface area contributed by atoms with Crippen LogP contribution in [0, 0.1) is 0 Å². The second-order valence-corrected chi connectivity index (χ2v) is 7.28. The maximum Gasteiger partial charge on any atom is 0.151 e. The minimum atomic E-state index is 0.820. The summed E-state index contributed by atoms with van der Waals surface area (Å²) in [6, 6.07) is 10.9. The smallest absolute Gasteiger partial charge is 0.151 e. The predicted octanol–water partition coefficient (Wildman–Crippen LogP) is 2.07. The average Bonchev–Trinajstić information content (AvgIpc) is 3.15. The average molecular weight is 361 g/mol. The lowest BCUT2D eigenvalue weighted by Crippen LogP contribution is -2.46. The molecular weight excluding hydrogens is 338 g/mol. The van der Waals surface area contributed by atoms with Crippen molar-refractivity contribution in [3.8, 4) is 11.3 Å². The number of aryl methyl sites for hydroxylation is 2. The number of rotatable bonds is 3. The number of fused-ring (bicyclic) bond motifs is 3. The number of nitrogens with one attached hydrogen (secondary N) is 1. The molecule has 3 heterocycles. The van der Waals surface area contributed by atoms with E-state index in [0.717, 1.165) is 62.9 Å². The van der Waals surface area contributed by atoms with Gasteiger partial charge in [-0.2, -0.15) is 5.10 Å². The summed E-state index contributed by atoms with van der Waals surface area (Å²) in [6.45, 7) is 4.71. The number of aromatic nitrogens is 5. The van der Waals surface area contributed by atoms with E-state index in [1.54, 1.807) is 6.33 Å². The molecule has 0 spiro atoms. The molecule has 1 aliphatic carbocycles. The molecule has 138 valence electrons. The van der Waals surface area contributed by atoms with Gasteiger partial charge in [0.2, 0.25) is 0 Å². The Morgan fingerprint density at radius 3 is 2.67 bits per heavy atom. The highest BCUT2D eigenvalue weighted by Crippen LogP contribution is 2.31. The molecule has 7 nitrogen and oxygen atoms in total. The third-order valence-electron chi connectivity index (χ3n) is 5.56. The topological polar surface area (TPSA) is 73.8 Å². The summed E-state index contributed by atoms with van der Waals surface area (Å²) in [5, 5.41) is 16.1. The Morgan fingerprint density at radius 1 is 0.963 bits per heavy atom. The summed E-state index contributed by atoms with van der Waals surface area (Å²) in [5.41, 5.74) is 5.03. The summed E-state index contributed by atoms with van der Waals surface area (Å²) in [7, 11) is 0. The first-order chi connectivity index (χ1) is 13.4. The fourth-order valence-electron chi connectivity index (χ4n) is 4.08. The Labute approximate surface area is 158 Å². The van der Waals surface area contributed by atoms with Gasteiger partial charge in [0.15, 0.2) is 5.82 Å². The molecule has 27 heavy (non-hydrogen) atoms. The van der Waals surface area contributed by atoms with E-state index in [9.17, 15) is 0 Å². The third kappa shape index (κ3) is 3.30. The van der Waals surface area contributed by atoms with Gasteiger partial charge < -0.3 is 4.90 Å². The number of piperazine rings is 1. The zero-order valence-corrected chi connectivity index (χ0v) is 15.3. The van der Waals surface area contributed by atoms with Crippen LogP contribution in [-0.4, -0.2) is 56.5 Å². The molecule has 1 aliphatic heterocycles.